The van der Waals surface area contributed by atoms with Crippen molar-refractivity contribution in [2.45, 2.75) is 37.9 Å². The number of carboxylic acids is 2. The molecule has 1 aliphatic rings. The highest BCUT2D eigenvalue weighted by molar-refractivity contribution is 5.77. The van der Waals surface area contributed by atoms with Gasteiger partial charge in [0, 0.05) is 0 Å². The fourth-order valence-corrected chi connectivity index (χ4v) is 1.96. The van der Waals surface area contributed by atoms with Gasteiger partial charge in [-0.2, -0.15) is 0 Å². The third kappa shape index (κ3) is 3.17. The molecule has 5 N–H and O–H groups in total. The SMILES string of the molecule is N[C@@H](NC(C(=O)O)C1CCCC1)C(=O)O. The zero-order chi connectivity index (χ0) is 11.4. The molecule has 0 bridgehead atoms. The molecule has 0 heterocycles. The molecule has 2 atom stereocenters. The molecule has 0 radical (unpaired) electrons. The first kappa shape index (κ1) is 11.9. The fraction of sp³-hybridized carbons (Fsp3) is 0.778. The van der Waals surface area contributed by atoms with E-state index in [9.17, 15) is 9.59 Å². The minimum Gasteiger partial charge on any atom is -0.480 e. The second-order valence-electron chi connectivity index (χ2n) is 3.84. The molecule has 1 unspecified atom stereocenters. The van der Waals surface area contributed by atoms with E-state index in [2.05, 4.69) is 5.32 Å². The molecular formula is C9H16N2O4. The summed E-state index contributed by atoms with van der Waals surface area (Å²) in [6.45, 7) is 0. The van der Waals surface area contributed by atoms with Gasteiger partial charge in [0.25, 0.3) is 0 Å². The molecule has 6 nitrogen and oxygen atoms in total. The van der Waals surface area contributed by atoms with Crippen LogP contribution >= 0.6 is 0 Å². The first-order valence-corrected chi connectivity index (χ1v) is 4.99. The summed E-state index contributed by atoms with van der Waals surface area (Å²) in [6.07, 6.45) is 2.32. The van der Waals surface area contributed by atoms with E-state index in [0.717, 1.165) is 25.7 Å². The number of aliphatic carboxylic acids is 2. The predicted octanol–water partition coefficient (Wildman–Crippen LogP) is -0.411. The zero-order valence-electron chi connectivity index (χ0n) is 8.35. The summed E-state index contributed by atoms with van der Waals surface area (Å²) < 4.78 is 0. The number of hydrogen-bond donors (Lipinski definition) is 4. The Labute approximate surface area is 87.5 Å². The van der Waals surface area contributed by atoms with Gasteiger partial charge in [0.2, 0.25) is 0 Å². The van der Waals surface area contributed by atoms with Gasteiger partial charge in [0.15, 0.2) is 6.17 Å². The lowest BCUT2D eigenvalue weighted by molar-refractivity contribution is -0.143. The van der Waals surface area contributed by atoms with Crippen LogP contribution in [0, 0.1) is 5.92 Å². The van der Waals surface area contributed by atoms with Crippen molar-refractivity contribution < 1.29 is 19.8 Å². The van der Waals surface area contributed by atoms with Crippen molar-refractivity contribution in [2.24, 2.45) is 11.7 Å². The Hall–Kier alpha value is -1.14. The highest BCUT2D eigenvalue weighted by Crippen LogP contribution is 2.27. The Morgan fingerprint density at radius 1 is 1.20 bits per heavy atom. The van der Waals surface area contributed by atoms with E-state index in [0.29, 0.717) is 0 Å². The second kappa shape index (κ2) is 5.09. The first-order valence-electron chi connectivity index (χ1n) is 4.99. The third-order valence-electron chi connectivity index (χ3n) is 2.76. The average molecular weight is 216 g/mol. The summed E-state index contributed by atoms with van der Waals surface area (Å²) in [6, 6.07) is -0.849. The van der Waals surface area contributed by atoms with Crippen LogP contribution in [0.5, 0.6) is 0 Å². The van der Waals surface area contributed by atoms with Crippen LogP contribution in [0.15, 0.2) is 0 Å². The smallest absolute Gasteiger partial charge is 0.335 e. The van der Waals surface area contributed by atoms with Crippen molar-refractivity contribution in [3.8, 4) is 0 Å². The van der Waals surface area contributed by atoms with E-state index >= 15 is 0 Å². The van der Waals surface area contributed by atoms with Crippen LogP contribution < -0.4 is 11.1 Å². The quantitative estimate of drug-likeness (QED) is 0.465. The van der Waals surface area contributed by atoms with Crippen LogP contribution in [0.1, 0.15) is 25.7 Å². The number of carbonyl (C=O) groups is 2. The first-order chi connectivity index (χ1) is 7.02. The fourth-order valence-electron chi connectivity index (χ4n) is 1.96. The van der Waals surface area contributed by atoms with Crippen molar-refractivity contribution in [1.82, 2.24) is 5.32 Å². The molecule has 0 aromatic carbocycles. The second-order valence-corrected chi connectivity index (χ2v) is 3.84. The number of carboxylic acid groups (broad SMARTS) is 2. The molecule has 1 saturated carbocycles. The molecule has 1 aliphatic carbocycles. The maximum Gasteiger partial charge on any atom is 0.335 e. The van der Waals surface area contributed by atoms with Crippen LogP contribution in [-0.2, 0) is 9.59 Å². The Balaban J connectivity index is 2.57. The normalized spacial score (nSPS) is 21.1. The summed E-state index contributed by atoms with van der Waals surface area (Å²) in [4.78, 5) is 21.4. The van der Waals surface area contributed by atoms with Crippen LogP contribution in [0.3, 0.4) is 0 Å². The van der Waals surface area contributed by atoms with E-state index in [-0.39, 0.29) is 5.92 Å². The molecule has 0 aliphatic heterocycles. The lowest BCUT2D eigenvalue weighted by atomic mass is 9.98. The molecule has 15 heavy (non-hydrogen) atoms. The van der Waals surface area contributed by atoms with Crippen molar-refractivity contribution in [1.29, 1.82) is 0 Å². The van der Waals surface area contributed by atoms with Gasteiger partial charge in [-0.3, -0.25) is 10.1 Å². The van der Waals surface area contributed by atoms with Gasteiger partial charge in [-0.15, -0.1) is 0 Å². The maximum atomic E-state index is 10.9. The minimum absolute atomic E-state index is 0.00657. The minimum atomic E-state index is -1.31. The zero-order valence-corrected chi connectivity index (χ0v) is 8.35. The largest absolute Gasteiger partial charge is 0.480 e. The Morgan fingerprint density at radius 3 is 2.13 bits per heavy atom. The van der Waals surface area contributed by atoms with Crippen LogP contribution in [0.4, 0.5) is 0 Å². The molecule has 0 amide bonds. The van der Waals surface area contributed by atoms with Gasteiger partial charge in [0.1, 0.15) is 6.04 Å². The number of nitrogens with one attached hydrogen (secondary N) is 1. The van der Waals surface area contributed by atoms with E-state index in [4.69, 9.17) is 15.9 Å². The lowest BCUT2D eigenvalue weighted by Gasteiger charge is -2.22. The topological polar surface area (TPSA) is 113 Å². The molecular weight excluding hydrogens is 200 g/mol. The van der Waals surface area contributed by atoms with Crippen molar-refractivity contribution >= 4 is 11.9 Å². The number of hydrogen-bond acceptors (Lipinski definition) is 4. The van der Waals surface area contributed by atoms with Crippen molar-refractivity contribution in [3.63, 3.8) is 0 Å². The van der Waals surface area contributed by atoms with Gasteiger partial charge in [-0.25, -0.2) is 4.79 Å². The lowest BCUT2D eigenvalue weighted by Crippen LogP contribution is -2.54. The van der Waals surface area contributed by atoms with Gasteiger partial charge >= 0.3 is 11.9 Å². The summed E-state index contributed by atoms with van der Waals surface area (Å²) in [5, 5.41) is 20.0. The van der Waals surface area contributed by atoms with Crippen LogP contribution in [0.2, 0.25) is 0 Å². The summed E-state index contributed by atoms with van der Waals surface area (Å²) in [7, 11) is 0. The Morgan fingerprint density at radius 2 is 1.73 bits per heavy atom. The van der Waals surface area contributed by atoms with Gasteiger partial charge < -0.3 is 15.9 Å². The molecule has 86 valence electrons. The third-order valence-corrected chi connectivity index (χ3v) is 2.76. The summed E-state index contributed by atoms with van der Waals surface area (Å²) in [5.41, 5.74) is 5.25. The molecule has 0 saturated heterocycles. The summed E-state index contributed by atoms with van der Waals surface area (Å²) in [5.74, 6) is -2.27. The van der Waals surface area contributed by atoms with Crippen LogP contribution in [-0.4, -0.2) is 34.4 Å². The monoisotopic (exact) mass is 216 g/mol. The number of rotatable bonds is 5. The van der Waals surface area contributed by atoms with Crippen molar-refractivity contribution in [3.05, 3.63) is 0 Å². The van der Waals surface area contributed by atoms with Gasteiger partial charge in [-0.1, -0.05) is 12.8 Å². The Kier molecular flexibility index (Phi) is 4.05. The van der Waals surface area contributed by atoms with E-state index < -0.39 is 24.1 Å². The summed E-state index contributed by atoms with van der Waals surface area (Å²) >= 11 is 0. The van der Waals surface area contributed by atoms with Gasteiger partial charge in [-0.05, 0) is 18.8 Å². The highest BCUT2D eigenvalue weighted by atomic mass is 16.4. The molecule has 1 rings (SSSR count). The predicted molar refractivity (Wildman–Crippen MR) is 52.1 cm³/mol. The number of nitrogens with two attached hydrogens (primary N) is 1. The molecule has 0 aromatic heterocycles. The van der Waals surface area contributed by atoms with Crippen molar-refractivity contribution in [2.75, 3.05) is 0 Å². The Bertz CT molecular complexity index is 250. The van der Waals surface area contributed by atoms with E-state index in [1.165, 1.54) is 0 Å². The molecule has 0 spiro atoms. The van der Waals surface area contributed by atoms with E-state index in [1.807, 2.05) is 0 Å². The standard InChI is InChI=1S/C9H16N2O4/c10-7(9(14)15)11-6(8(12)13)5-3-1-2-4-5/h5-7,11H,1-4,10H2,(H,12,13)(H,14,15)/t6?,7-/m0/s1. The van der Waals surface area contributed by atoms with Gasteiger partial charge in [0.05, 0.1) is 0 Å². The van der Waals surface area contributed by atoms with E-state index in [1.54, 1.807) is 0 Å². The molecule has 6 heteroatoms. The maximum absolute atomic E-state index is 10.9. The molecule has 0 aromatic rings. The average Bonchev–Trinajstić information content (AvgIpc) is 2.65. The molecule has 1 fully saturated rings. The highest BCUT2D eigenvalue weighted by Gasteiger charge is 2.32. The van der Waals surface area contributed by atoms with Crippen LogP contribution in [0.25, 0.3) is 0 Å².